The predicted molar refractivity (Wildman–Crippen MR) is 534 cm³/mol. The maximum atomic E-state index is 15.0. The third-order valence-corrected chi connectivity index (χ3v) is 30.3. The Hall–Kier alpha value is -4.69. The van der Waals surface area contributed by atoms with Crippen molar-refractivity contribution in [1.82, 2.24) is 29.4 Å². The molecule has 6 aliphatic rings. The Bertz CT molecular complexity index is 5030. The Balaban J connectivity index is 0.000000224. The fourth-order valence-corrected chi connectivity index (χ4v) is 20.0. The van der Waals surface area contributed by atoms with E-state index in [2.05, 4.69) is 61.0 Å². The van der Waals surface area contributed by atoms with E-state index in [1.807, 2.05) is 109 Å². The number of hydrogen-bond acceptors (Lipinski definition) is 7. The average molecular weight is 2190 g/mol. The first-order valence-electron chi connectivity index (χ1n) is 47.7. The van der Waals surface area contributed by atoms with E-state index in [1.165, 1.54) is 37.1 Å². The molecule has 7 aromatic rings. The van der Waals surface area contributed by atoms with Crippen LogP contribution in [0.4, 0.5) is 87.8 Å². The van der Waals surface area contributed by atoms with Crippen LogP contribution in [0, 0.1) is 58.5 Å². The highest BCUT2D eigenvalue weighted by molar-refractivity contribution is 6.36. The molecule has 141 heavy (non-hydrogen) atoms. The summed E-state index contributed by atoms with van der Waals surface area (Å²) in [5.74, 6) is 1.56. The first-order chi connectivity index (χ1) is 64.9. The molecule has 6 heterocycles. The molecule has 0 unspecified atom stereocenters. The second-order valence-electron chi connectivity index (χ2n) is 41.4. The highest BCUT2D eigenvalue weighted by Crippen LogP contribution is 2.47. The van der Waals surface area contributed by atoms with Crippen molar-refractivity contribution in [2.75, 3.05) is 78.5 Å². The first kappa shape index (κ1) is 123. The zero-order valence-corrected chi connectivity index (χ0v) is 89.5. The van der Waals surface area contributed by atoms with Crippen molar-refractivity contribution in [2.24, 2.45) is 46.8 Å². The molecule has 0 saturated carbocycles. The molecule has 0 aromatic heterocycles. The van der Waals surface area contributed by atoms with Crippen molar-refractivity contribution in [3.63, 3.8) is 0 Å². The summed E-state index contributed by atoms with van der Waals surface area (Å²) >= 11 is 53.3. The summed E-state index contributed by atoms with van der Waals surface area (Å²) in [6.45, 7) is 43.3. The maximum absolute atomic E-state index is 15.0. The highest BCUT2D eigenvalue weighted by Gasteiger charge is 2.47. The molecule has 7 nitrogen and oxygen atoms in total. The Morgan fingerprint density at radius 2 is 0.716 bits per heavy atom. The van der Waals surface area contributed by atoms with Gasteiger partial charge in [-0.15, -0.1) is 13.2 Å². The Labute approximate surface area is 864 Å². The van der Waals surface area contributed by atoms with Crippen molar-refractivity contribution in [2.45, 2.75) is 280 Å². The normalized spacial score (nSPS) is 18.6. The van der Waals surface area contributed by atoms with Crippen molar-refractivity contribution in [3.05, 3.63) is 233 Å². The lowest BCUT2D eigenvalue weighted by Gasteiger charge is -2.45. The number of halogens is 29. The molecule has 6 fully saturated rings. The number of piperidine rings is 6. The number of rotatable bonds is 17. The number of hydrogen-bond donors (Lipinski definition) is 0. The second-order valence-corrected chi connectivity index (χ2v) is 45.2. The van der Waals surface area contributed by atoms with E-state index in [0.29, 0.717) is 139 Å². The predicted octanol–water partition coefficient (Wildman–Crippen LogP) is 36.0. The molecule has 792 valence electrons. The van der Waals surface area contributed by atoms with Crippen molar-refractivity contribution >= 4 is 104 Å². The Morgan fingerprint density at radius 1 is 0.355 bits per heavy atom. The van der Waals surface area contributed by atoms with Gasteiger partial charge in [-0.1, -0.05) is 214 Å². The molecule has 1 atom stereocenters. The van der Waals surface area contributed by atoms with E-state index in [0.717, 1.165) is 154 Å². The number of nitrogens with zero attached hydrogens (tertiary/aromatic N) is 6. The molecular weight excluding hydrogens is 2060 g/mol. The van der Waals surface area contributed by atoms with Gasteiger partial charge < -0.3 is 4.74 Å². The lowest BCUT2D eigenvalue weighted by Crippen LogP contribution is -2.49. The molecule has 13 rings (SSSR count). The van der Waals surface area contributed by atoms with Crippen LogP contribution >= 0.6 is 104 Å². The lowest BCUT2D eigenvalue weighted by atomic mass is 9.72. The quantitative estimate of drug-likeness (QED) is 0.0839. The van der Waals surface area contributed by atoms with E-state index < -0.39 is 92.0 Å². The van der Waals surface area contributed by atoms with Gasteiger partial charge in [-0.25, -0.2) is 22.0 Å². The van der Waals surface area contributed by atoms with Crippen LogP contribution in [0.2, 0.25) is 45.2 Å². The number of likely N-dealkylation sites (tertiary alicyclic amines) is 6. The minimum Gasteiger partial charge on any atom is -0.406 e. The van der Waals surface area contributed by atoms with Gasteiger partial charge in [0.15, 0.2) is 0 Å². The van der Waals surface area contributed by atoms with E-state index in [9.17, 15) is 87.8 Å². The van der Waals surface area contributed by atoms with Gasteiger partial charge in [-0.3, -0.25) is 29.4 Å². The summed E-state index contributed by atoms with van der Waals surface area (Å²) < 4.78 is 265. The van der Waals surface area contributed by atoms with Crippen LogP contribution in [0.15, 0.2) is 115 Å². The van der Waals surface area contributed by atoms with Gasteiger partial charge in [-0.2, -0.15) is 52.7 Å². The number of ether oxygens (including phenoxy) is 1. The standard InChI is InChI=1S/C17H24Cl2FN.C16H19ClF5N.2C16H20ClF4N.C15H21Cl2N.C14H17ClF3N.C11H12ClF3O/c1-12(13-9-14(18)11-15(19)10-13)21-7-5-17(20,6-8-21)16(2,3)4;1-10(2)15(19)3-5-23(6-4-15)9-11-7-12(16(20,21)22)8-13(17)14(11)18;1-11(2)15(18)3-5-22(6-4-15)10-12-7-13(16(19,20)21)9-14(17)8-12;1-10(2)11-3-5-22(6-4-11)9-12-7-13(16(19,20)21)8-14(17)15(12)18;1-11(2)12-6-8-18(9-7-12)10-13-14(16)4-3-5-15(13)17;1-10-4-6-19(7-5-10)9-11-8-12(14(16,17)18)2-3-13(11)15;1-10(2,3)7-4-8(12)6-9(5-7)16-11(13,14)15/h9-12H,5-8H2,1-4H3;7-8,10H,3-6,9H2,1-2H3;7-9,11H,3-6,10H2,1-2H3;7-8,10-11H,3-6,9H2,1-2H3;3-5,11-12H,6-10H2,1-2H3;2-3,8,10H,4-7,9H2,1H3;4-6H,1-3H3/t12-;;;;;;/m0....../s1. The average Bonchev–Trinajstić information content (AvgIpc) is 0.784. The SMILES string of the molecule is CC(C)(C)c1cc(Cl)cc(OC(F)(F)F)c1.CC(C)C1(F)CCN(Cc2cc(C(F)(F)F)cc(Cl)c2F)CC1.CC(C)C1(F)CCN(Cc2cc(Cl)cc(C(F)(F)F)c2)CC1.CC(C)C1CCN(Cc2c(Cl)cccc2Cl)CC1.CC(C)C1CCN(Cc2cc(C(F)(F)F)cc(Cl)c2F)CC1.CC1CCN(Cc2cc(C(F)(F)F)ccc2Cl)CC1.C[C@@H](c1cc(Cl)cc(Cl)c1)N1CCC(F)(C(C)(C)C)CC1. The van der Waals surface area contributed by atoms with Gasteiger partial charge >= 0.3 is 31.1 Å². The fraction of sp³-hybridized carbons (Fsp3) is 0.600. The fourth-order valence-electron chi connectivity index (χ4n) is 17.8. The van der Waals surface area contributed by atoms with Gasteiger partial charge in [0.05, 0.1) is 32.3 Å². The summed E-state index contributed by atoms with van der Waals surface area (Å²) in [4.78, 5) is 12.7. The lowest BCUT2D eigenvalue weighted by molar-refractivity contribution is -0.274. The van der Waals surface area contributed by atoms with Crippen LogP contribution in [0.25, 0.3) is 0 Å². The molecule has 7 aromatic carbocycles. The monoisotopic (exact) mass is 2190 g/mol. The zero-order chi connectivity index (χ0) is 106. The van der Waals surface area contributed by atoms with Crippen LogP contribution in [0.3, 0.4) is 0 Å². The minimum atomic E-state index is -4.69. The van der Waals surface area contributed by atoms with Gasteiger partial charge in [0.1, 0.15) is 34.4 Å². The number of alkyl halides is 18. The van der Waals surface area contributed by atoms with E-state index in [-0.39, 0.29) is 68.7 Å². The minimum absolute atomic E-state index is 0.0103. The van der Waals surface area contributed by atoms with E-state index >= 15 is 0 Å². The Morgan fingerprint density at radius 3 is 1.11 bits per heavy atom. The third-order valence-electron chi connectivity index (χ3n) is 27.8. The van der Waals surface area contributed by atoms with Crippen LogP contribution in [0.1, 0.15) is 255 Å². The number of benzene rings is 7. The third kappa shape index (κ3) is 39.0. The molecule has 0 bridgehead atoms. The maximum Gasteiger partial charge on any atom is 0.573 e. The molecule has 36 heteroatoms. The van der Waals surface area contributed by atoms with Crippen LogP contribution in [-0.4, -0.2) is 131 Å². The topological polar surface area (TPSA) is 28.7 Å². The Kier molecular flexibility index (Phi) is 46.0. The zero-order valence-electron chi connectivity index (χ0n) is 82.6. The molecule has 0 amide bonds. The molecule has 6 aliphatic heterocycles. The summed E-state index contributed by atoms with van der Waals surface area (Å²) in [7, 11) is 0. The van der Waals surface area contributed by atoms with Crippen LogP contribution in [0.5, 0.6) is 5.75 Å². The van der Waals surface area contributed by atoms with Gasteiger partial charge in [0.2, 0.25) is 0 Å². The molecular formula is C105H133Cl9F20N6O. The van der Waals surface area contributed by atoms with Gasteiger partial charge in [0, 0.05) is 130 Å². The van der Waals surface area contributed by atoms with Crippen LogP contribution in [-0.2, 0) is 62.8 Å². The molecule has 0 spiro atoms. The second kappa shape index (κ2) is 52.7. The van der Waals surface area contributed by atoms with Gasteiger partial charge in [-0.05, 0) is 307 Å². The molecule has 0 radical (unpaired) electrons. The summed E-state index contributed by atoms with van der Waals surface area (Å²) in [6, 6.07) is 25.7. The smallest absolute Gasteiger partial charge is 0.406 e. The van der Waals surface area contributed by atoms with Crippen molar-refractivity contribution in [3.8, 4) is 5.75 Å². The summed E-state index contributed by atoms with van der Waals surface area (Å²) in [5, 5.41) is 2.56. The summed E-state index contributed by atoms with van der Waals surface area (Å²) in [5.41, 5.74) is -3.49. The van der Waals surface area contributed by atoms with Crippen molar-refractivity contribution in [1.29, 1.82) is 0 Å². The van der Waals surface area contributed by atoms with Crippen molar-refractivity contribution < 1.29 is 92.5 Å². The summed E-state index contributed by atoms with van der Waals surface area (Å²) in [6.07, 6.45) is -13.2. The van der Waals surface area contributed by atoms with Gasteiger partial charge in [0.25, 0.3) is 0 Å². The molecule has 0 aliphatic carbocycles. The highest BCUT2D eigenvalue weighted by atomic mass is 35.5. The van der Waals surface area contributed by atoms with E-state index in [4.69, 9.17) is 104 Å². The first-order valence-corrected chi connectivity index (χ1v) is 51.1. The molecule has 0 N–H and O–H groups in total. The van der Waals surface area contributed by atoms with E-state index in [1.54, 1.807) is 17.0 Å². The molecule has 6 saturated heterocycles. The van der Waals surface area contributed by atoms with Crippen LogP contribution < -0.4 is 4.74 Å². The largest absolute Gasteiger partial charge is 0.573 e.